The Labute approximate surface area is 114 Å². The van der Waals surface area contributed by atoms with E-state index in [1.807, 2.05) is 0 Å². The van der Waals surface area contributed by atoms with Gasteiger partial charge in [0.05, 0.1) is 18.3 Å². The van der Waals surface area contributed by atoms with Gasteiger partial charge in [0, 0.05) is 12.5 Å². The molecule has 1 aromatic carbocycles. The molecule has 0 unspecified atom stereocenters. The maximum Gasteiger partial charge on any atom is 0.308 e. The summed E-state index contributed by atoms with van der Waals surface area (Å²) in [4.78, 5) is 11.0. The third kappa shape index (κ3) is 4.47. The van der Waals surface area contributed by atoms with E-state index in [4.69, 9.17) is 32.5 Å². The maximum absolute atomic E-state index is 11.0. The Bertz CT molecular complexity index is 539. The van der Waals surface area contributed by atoms with E-state index < -0.39 is 5.97 Å². The van der Waals surface area contributed by atoms with Crippen LogP contribution in [0.25, 0.3) is 0 Å². The van der Waals surface area contributed by atoms with Gasteiger partial charge in [-0.05, 0) is 12.1 Å². The molecule has 0 spiro atoms. The number of carbonyl (C=O) groups is 1. The number of hydrogen-bond acceptors (Lipinski definition) is 5. The molecule has 0 fully saturated rings. The predicted molar refractivity (Wildman–Crippen MR) is 72.7 cm³/mol. The second kappa shape index (κ2) is 6.60. The zero-order valence-electron chi connectivity index (χ0n) is 10.4. The van der Waals surface area contributed by atoms with Gasteiger partial charge in [-0.1, -0.05) is 11.6 Å². The van der Waals surface area contributed by atoms with Crippen LogP contribution >= 0.6 is 11.6 Å². The van der Waals surface area contributed by atoms with Crippen molar-refractivity contribution in [2.75, 3.05) is 7.11 Å². The van der Waals surface area contributed by atoms with Gasteiger partial charge in [0.25, 0.3) is 0 Å². The predicted octanol–water partition coefficient (Wildman–Crippen LogP) is 0.881. The van der Waals surface area contributed by atoms with E-state index >= 15 is 0 Å². The third-order valence-corrected chi connectivity index (χ3v) is 2.16. The number of nitrogens with zero attached hydrogens (tertiary/aromatic N) is 2. The Morgan fingerprint density at radius 1 is 1.42 bits per heavy atom. The summed E-state index contributed by atoms with van der Waals surface area (Å²) in [5.41, 5.74) is 10.8. The number of rotatable bonds is 4. The molecule has 7 nitrogen and oxygen atoms in total. The fourth-order valence-electron chi connectivity index (χ4n) is 1.22. The molecule has 0 saturated carbocycles. The third-order valence-electron chi connectivity index (χ3n) is 1.88. The van der Waals surface area contributed by atoms with Crippen molar-refractivity contribution >= 4 is 29.7 Å². The molecule has 0 heterocycles. The molecular weight excluding hydrogens is 272 g/mol. The summed E-state index contributed by atoms with van der Waals surface area (Å²) in [6.45, 7) is 1.27. The first-order valence-corrected chi connectivity index (χ1v) is 5.49. The van der Waals surface area contributed by atoms with Crippen molar-refractivity contribution in [2.24, 2.45) is 21.7 Å². The molecule has 1 rings (SSSR count). The lowest BCUT2D eigenvalue weighted by Crippen LogP contribution is -2.21. The summed E-state index contributed by atoms with van der Waals surface area (Å²) in [6.07, 6.45) is 1.38. The van der Waals surface area contributed by atoms with Crippen LogP contribution < -0.4 is 20.9 Å². The largest absolute Gasteiger partial charge is 0.493 e. The lowest BCUT2D eigenvalue weighted by molar-refractivity contribution is -0.132. The van der Waals surface area contributed by atoms with Crippen molar-refractivity contribution in [3.8, 4) is 11.5 Å². The van der Waals surface area contributed by atoms with E-state index in [0.717, 1.165) is 0 Å². The van der Waals surface area contributed by atoms with Gasteiger partial charge >= 0.3 is 5.97 Å². The number of esters is 1. The van der Waals surface area contributed by atoms with Gasteiger partial charge in [-0.2, -0.15) is 5.10 Å². The highest BCUT2D eigenvalue weighted by atomic mass is 35.5. The second-order valence-corrected chi connectivity index (χ2v) is 3.80. The van der Waals surface area contributed by atoms with Crippen LogP contribution in [0.2, 0.25) is 5.02 Å². The standard InChI is InChI=1S/C11H13ClN4O3/c1-6(17)19-10-8(12)3-7(4-9(10)18-2)5-15-16-11(13)14/h3-5H,1-2H3,(H4,13,14,16). The molecule has 0 saturated heterocycles. The van der Waals surface area contributed by atoms with Gasteiger partial charge in [-0.3, -0.25) is 4.79 Å². The van der Waals surface area contributed by atoms with E-state index in [1.165, 1.54) is 26.3 Å². The van der Waals surface area contributed by atoms with Gasteiger partial charge < -0.3 is 20.9 Å². The number of hydrogen-bond donors (Lipinski definition) is 2. The summed E-state index contributed by atoms with van der Waals surface area (Å²) < 4.78 is 10.0. The van der Waals surface area contributed by atoms with Crippen molar-refractivity contribution in [3.05, 3.63) is 22.7 Å². The van der Waals surface area contributed by atoms with Crippen molar-refractivity contribution in [2.45, 2.75) is 6.92 Å². The van der Waals surface area contributed by atoms with Crippen molar-refractivity contribution < 1.29 is 14.3 Å². The van der Waals surface area contributed by atoms with Gasteiger partial charge in [0.1, 0.15) is 0 Å². The smallest absolute Gasteiger partial charge is 0.308 e. The van der Waals surface area contributed by atoms with E-state index in [0.29, 0.717) is 11.3 Å². The number of guanidine groups is 1. The monoisotopic (exact) mass is 284 g/mol. The quantitative estimate of drug-likeness (QED) is 0.280. The molecule has 0 aliphatic heterocycles. The molecule has 0 aliphatic rings. The fourth-order valence-corrected chi connectivity index (χ4v) is 1.48. The second-order valence-electron chi connectivity index (χ2n) is 3.40. The molecule has 0 aliphatic carbocycles. The Morgan fingerprint density at radius 3 is 2.63 bits per heavy atom. The Kier molecular flexibility index (Phi) is 5.13. The van der Waals surface area contributed by atoms with Gasteiger partial charge in [0.2, 0.25) is 5.96 Å². The van der Waals surface area contributed by atoms with Gasteiger partial charge in [-0.15, -0.1) is 5.10 Å². The normalized spacial score (nSPS) is 10.3. The number of halogens is 1. The molecular formula is C11H13ClN4O3. The maximum atomic E-state index is 11.0. The van der Waals surface area contributed by atoms with E-state index in [-0.39, 0.29) is 16.7 Å². The minimum Gasteiger partial charge on any atom is -0.493 e. The average molecular weight is 285 g/mol. The van der Waals surface area contributed by atoms with Crippen molar-refractivity contribution in [3.63, 3.8) is 0 Å². The first kappa shape index (κ1) is 14.8. The SMILES string of the molecule is COc1cc(C=NN=C(N)N)cc(Cl)c1OC(C)=O. The average Bonchev–Trinajstić information content (AvgIpc) is 2.31. The minimum absolute atomic E-state index is 0.149. The highest BCUT2D eigenvalue weighted by molar-refractivity contribution is 6.32. The van der Waals surface area contributed by atoms with Crippen LogP contribution in [-0.2, 0) is 4.79 Å². The van der Waals surface area contributed by atoms with E-state index in [9.17, 15) is 4.79 Å². The lowest BCUT2D eigenvalue weighted by Gasteiger charge is -2.10. The molecule has 0 atom stereocenters. The first-order valence-electron chi connectivity index (χ1n) is 5.12. The molecule has 0 amide bonds. The van der Waals surface area contributed by atoms with Crippen LogP contribution in [0.4, 0.5) is 0 Å². The van der Waals surface area contributed by atoms with Crippen LogP contribution in [0.15, 0.2) is 22.3 Å². The minimum atomic E-state index is -0.498. The molecule has 4 N–H and O–H groups in total. The summed E-state index contributed by atoms with van der Waals surface area (Å²) in [5, 5.41) is 7.30. The fraction of sp³-hybridized carbons (Fsp3) is 0.182. The zero-order chi connectivity index (χ0) is 14.4. The van der Waals surface area contributed by atoms with Crippen LogP contribution in [0.5, 0.6) is 11.5 Å². The van der Waals surface area contributed by atoms with Crippen LogP contribution in [0.1, 0.15) is 12.5 Å². The van der Waals surface area contributed by atoms with Crippen LogP contribution in [0, 0.1) is 0 Å². The summed E-state index contributed by atoms with van der Waals surface area (Å²) in [5.74, 6) is -0.211. The zero-order valence-corrected chi connectivity index (χ0v) is 11.1. The van der Waals surface area contributed by atoms with E-state index in [2.05, 4.69) is 10.2 Å². The van der Waals surface area contributed by atoms with E-state index in [1.54, 1.807) is 6.07 Å². The number of carbonyl (C=O) groups excluding carboxylic acids is 1. The Morgan fingerprint density at radius 2 is 2.11 bits per heavy atom. The summed E-state index contributed by atoms with van der Waals surface area (Å²) in [7, 11) is 1.43. The molecule has 8 heteroatoms. The Hall–Kier alpha value is -2.28. The number of benzene rings is 1. The number of methoxy groups -OCH3 is 1. The molecule has 19 heavy (non-hydrogen) atoms. The number of nitrogens with two attached hydrogens (primary N) is 2. The first-order chi connectivity index (χ1) is 8.93. The Balaban J connectivity index is 3.12. The molecule has 0 radical (unpaired) electrons. The molecule has 102 valence electrons. The summed E-state index contributed by atoms with van der Waals surface area (Å²) >= 11 is 5.99. The van der Waals surface area contributed by atoms with Gasteiger partial charge in [0.15, 0.2) is 11.5 Å². The van der Waals surface area contributed by atoms with Crippen molar-refractivity contribution in [1.82, 2.24) is 0 Å². The van der Waals surface area contributed by atoms with Crippen molar-refractivity contribution in [1.29, 1.82) is 0 Å². The lowest BCUT2D eigenvalue weighted by atomic mass is 10.2. The topological polar surface area (TPSA) is 112 Å². The highest BCUT2D eigenvalue weighted by Crippen LogP contribution is 2.36. The molecule has 0 bridgehead atoms. The number of ether oxygens (including phenoxy) is 2. The summed E-state index contributed by atoms with van der Waals surface area (Å²) in [6, 6.07) is 3.12. The molecule has 0 aromatic heterocycles. The highest BCUT2D eigenvalue weighted by Gasteiger charge is 2.13. The van der Waals surface area contributed by atoms with Gasteiger partial charge in [-0.25, -0.2) is 0 Å². The van der Waals surface area contributed by atoms with Crippen LogP contribution in [-0.4, -0.2) is 25.3 Å². The van der Waals surface area contributed by atoms with Crippen LogP contribution in [0.3, 0.4) is 0 Å². The molecule has 1 aromatic rings.